The standard InChI is InChI=1S/C41H35N3O4/c1-42-35(25-31-23-29(40(45)46)17-21-37(31)42)19-15-27-13-14-28(16-20-36-26-32-24-30(41(47)48)18-22-38(32)43(36)2)39(27)44(33-9-5-3-6-10-33)34-11-7-4-8-12-34/h3-12,15-24H,13-14,25-26H2,1-2H3,(H-,45,46,47,48)/p+1. The Balaban J connectivity index is 1.30. The van der Waals surface area contributed by atoms with Crippen LogP contribution >= 0.6 is 0 Å². The summed E-state index contributed by atoms with van der Waals surface area (Å²) in [6.07, 6.45) is 11.9. The van der Waals surface area contributed by atoms with Gasteiger partial charge in [0.05, 0.1) is 23.2 Å². The number of hydrogen-bond donors (Lipinski definition) is 2. The molecule has 4 aromatic rings. The Kier molecular flexibility index (Phi) is 8.11. The molecule has 0 unspecified atom stereocenters. The van der Waals surface area contributed by atoms with Gasteiger partial charge in [-0.15, -0.1) is 0 Å². The number of anilines is 3. The van der Waals surface area contributed by atoms with Gasteiger partial charge in [-0.2, -0.15) is 4.58 Å². The first kappa shape index (κ1) is 30.7. The Labute approximate surface area is 280 Å². The zero-order chi connectivity index (χ0) is 33.4. The number of para-hydroxylation sites is 2. The van der Waals surface area contributed by atoms with Crippen LogP contribution in [0.5, 0.6) is 0 Å². The first-order valence-electron chi connectivity index (χ1n) is 16.1. The number of nitrogens with zero attached hydrogens (tertiary/aromatic N) is 3. The first-order chi connectivity index (χ1) is 23.3. The number of carboxylic acid groups (broad SMARTS) is 2. The fraction of sp³-hybridized carbons (Fsp3) is 0.146. The molecule has 0 radical (unpaired) electrons. The summed E-state index contributed by atoms with van der Waals surface area (Å²) in [5, 5.41) is 19.0. The number of carboxylic acids is 2. The van der Waals surface area contributed by atoms with E-state index in [0.29, 0.717) is 24.0 Å². The van der Waals surface area contributed by atoms with Gasteiger partial charge in [0.15, 0.2) is 5.71 Å². The zero-order valence-corrected chi connectivity index (χ0v) is 26.9. The second-order valence-electron chi connectivity index (χ2n) is 12.3. The van der Waals surface area contributed by atoms with E-state index in [4.69, 9.17) is 0 Å². The van der Waals surface area contributed by atoms with Gasteiger partial charge >= 0.3 is 11.9 Å². The molecule has 2 heterocycles. The third-order valence-electron chi connectivity index (χ3n) is 9.46. The quantitative estimate of drug-likeness (QED) is 0.190. The highest BCUT2D eigenvalue weighted by Crippen LogP contribution is 2.42. The van der Waals surface area contributed by atoms with Crippen molar-refractivity contribution in [2.24, 2.45) is 0 Å². The summed E-state index contributed by atoms with van der Waals surface area (Å²) in [7, 11) is 4.06. The molecular weight excluding hydrogens is 598 g/mol. The lowest BCUT2D eigenvalue weighted by atomic mass is 10.0. The van der Waals surface area contributed by atoms with Crippen LogP contribution in [0.1, 0.15) is 44.7 Å². The maximum Gasteiger partial charge on any atom is 0.335 e. The molecule has 238 valence electrons. The molecule has 1 aliphatic carbocycles. The summed E-state index contributed by atoms with van der Waals surface area (Å²) >= 11 is 0. The van der Waals surface area contributed by atoms with Crippen molar-refractivity contribution in [1.82, 2.24) is 0 Å². The van der Waals surface area contributed by atoms with Crippen molar-refractivity contribution in [3.8, 4) is 0 Å². The van der Waals surface area contributed by atoms with Crippen molar-refractivity contribution in [3.05, 3.63) is 166 Å². The molecule has 3 aliphatic rings. The topological polar surface area (TPSA) is 84.1 Å². The van der Waals surface area contributed by atoms with Crippen LogP contribution in [0.25, 0.3) is 0 Å². The van der Waals surface area contributed by atoms with Gasteiger partial charge in [-0.1, -0.05) is 48.6 Å². The van der Waals surface area contributed by atoms with Crippen molar-refractivity contribution in [3.63, 3.8) is 0 Å². The number of carbonyl (C=O) groups is 2. The van der Waals surface area contributed by atoms with Crippen molar-refractivity contribution >= 4 is 40.4 Å². The number of aromatic carboxylic acids is 2. The van der Waals surface area contributed by atoms with Crippen LogP contribution in [0, 0.1) is 0 Å². The highest BCUT2D eigenvalue weighted by atomic mass is 16.4. The molecule has 0 atom stereocenters. The van der Waals surface area contributed by atoms with Gasteiger partial charge in [0.2, 0.25) is 5.69 Å². The van der Waals surface area contributed by atoms with Gasteiger partial charge in [0.25, 0.3) is 0 Å². The van der Waals surface area contributed by atoms with Crippen molar-refractivity contribution in [2.45, 2.75) is 25.7 Å². The molecule has 0 saturated heterocycles. The average Bonchev–Trinajstić information content (AvgIpc) is 3.75. The summed E-state index contributed by atoms with van der Waals surface area (Å²) in [6, 6.07) is 31.5. The molecule has 0 bridgehead atoms. The van der Waals surface area contributed by atoms with Crippen LogP contribution in [0.4, 0.5) is 22.7 Å². The lowest BCUT2D eigenvalue weighted by molar-refractivity contribution is -0.400. The Morgan fingerprint density at radius 1 is 0.750 bits per heavy atom. The van der Waals surface area contributed by atoms with Crippen LogP contribution in [0.2, 0.25) is 0 Å². The van der Waals surface area contributed by atoms with E-state index in [9.17, 15) is 19.8 Å². The number of rotatable bonds is 8. The summed E-state index contributed by atoms with van der Waals surface area (Å²) in [5.74, 6) is -1.84. The molecule has 48 heavy (non-hydrogen) atoms. The average molecular weight is 635 g/mol. The molecule has 0 spiro atoms. The van der Waals surface area contributed by atoms with Gasteiger partial charge in [0.1, 0.15) is 7.05 Å². The minimum atomic E-state index is -0.918. The zero-order valence-electron chi connectivity index (χ0n) is 26.9. The Morgan fingerprint density at radius 3 is 2.02 bits per heavy atom. The second-order valence-corrected chi connectivity index (χ2v) is 12.3. The van der Waals surface area contributed by atoms with E-state index in [1.807, 2.05) is 38.4 Å². The summed E-state index contributed by atoms with van der Waals surface area (Å²) in [4.78, 5) is 27.7. The van der Waals surface area contributed by atoms with E-state index in [0.717, 1.165) is 63.8 Å². The summed E-state index contributed by atoms with van der Waals surface area (Å²) in [6.45, 7) is 0. The maximum atomic E-state index is 11.6. The molecule has 0 amide bonds. The predicted octanol–water partition coefficient (Wildman–Crippen LogP) is 8.30. The van der Waals surface area contributed by atoms with Crippen molar-refractivity contribution < 1.29 is 24.4 Å². The Hall–Kier alpha value is -5.95. The Morgan fingerprint density at radius 2 is 1.38 bits per heavy atom. The number of hydrogen-bond acceptors (Lipinski definition) is 4. The van der Waals surface area contributed by atoms with Crippen LogP contribution in [0.15, 0.2) is 144 Å². The number of allylic oxidation sites excluding steroid dienone is 7. The third-order valence-corrected chi connectivity index (χ3v) is 9.46. The highest BCUT2D eigenvalue weighted by molar-refractivity contribution is 5.98. The normalized spacial score (nSPS) is 17.2. The number of fused-ring (bicyclic) bond motifs is 2. The van der Waals surface area contributed by atoms with Gasteiger partial charge in [-0.05, 0) is 90.2 Å². The largest absolute Gasteiger partial charge is 0.478 e. The number of benzene rings is 4. The molecular formula is C41H36N3O4+. The lowest BCUT2D eigenvalue weighted by Crippen LogP contribution is -2.17. The van der Waals surface area contributed by atoms with Gasteiger partial charge in [-0.3, -0.25) is 0 Å². The molecule has 2 N–H and O–H groups in total. The molecule has 7 rings (SSSR count). The van der Waals surface area contributed by atoms with E-state index < -0.39 is 11.9 Å². The van der Waals surface area contributed by atoms with E-state index in [2.05, 4.69) is 87.2 Å². The van der Waals surface area contributed by atoms with Crippen molar-refractivity contribution in [2.75, 3.05) is 23.9 Å². The van der Waals surface area contributed by atoms with Gasteiger partial charge < -0.3 is 20.0 Å². The minimum Gasteiger partial charge on any atom is -0.478 e. The monoisotopic (exact) mass is 634 g/mol. The van der Waals surface area contributed by atoms with E-state index in [-0.39, 0.29) is 0 Å². The van der Waals surface area contributed by atoms with E-state index in [1.165, 1.54) is 11.1 Å². The van der Waals surface area contributed by atoms with E-state index >= 15 is 0 Å². The van der Waals surface area contributed by atoms with Gasteiger partial charge in [-0.25, -0.2) is 9.59 Å². The molecule has 0 fully saturated rings. The van der Waals surface area contributed by atoms with Crippen LogP contribution in [0.3, 0.4) is 0 Å². The van der Waals surface area contributed by atoms with Crippen LogP contribution in [-0.2, 0) is 12.8 Å². The third kappa shape index (κ3) is 5.75. The Bertz CT molecular complexity index is 2070. The molecule has 4 aromatic carbocycles. The summed E-state index contributed by atoms with van der Waals surface area (Å²) in [5.41, 5.74) is 12.6. The minimum absolute atomic E-state index is 0.303. The molecule has 2 aliphatic heterocycles. The molecule has 7 nitrogen and oxygen atoms in total. The first-order valence-corrected chi connectivity index (χ1v) is 16.1. The second kappa shape index (κ2) is 12.7. The van der Waals surface area contributed by atoms with Gasteiger partial charge in [0, 0.05) is 53.9 Å². The fourth-order valence-corrected chi connectivity index (χ4v) is 6.93. The summed E-state index contributed by atoms with van der Waals surface area (Å²) < 4.78 is 2.14. The maximum absolute atomic E-state index is 11.6. The predicted molar refractivity (Wildman–Crippen MR) is 190 cm³/mol. The molecule has 7 heteroatoms. The molecule has 0 aromatic heterocycles. The van der Waals surface area contributed by atoms with E-state index in [1.54, 1.807) is 24.3 Å². The lowest BCUT2D eigenvalue weighted by Gasteiger charge is -2.28. The van der Waals surface area contributed by atoms with Crippen LogP contribution < -0.4 is 9.80 Å². The SMILES string of the molecule is CN1/C(=C/C=C2\CCC(/C=C/C3=[N+](C)c4ccc(C(=O)O)cc4C3)=C2N(c2ccccc2)c2ccccc2)Cc2cc(C(=O)O)ccc21. The fourth-order valence-electron chi connectivity index (χ4n) is 6.93. The smallest absolute Gasteiger partial charge is 0.335 e. The van der Waals surface area contributed by atoms with Crippen molar-refractivity contribution in [1.29, 1.82) is 0 Å². The number of likely N-dealkylation sites (N-methyl/N-ethyl adjacent to an activating group) is 1. The highest BCUT2D eigenvalue weighted by Gasteiger charge is 2.29. The van der Waals surface area contributed by atoms with Crippen LogP contribution in [-0.4, -0.2) is 46.5 Å². The molecule has 0 saturated carbocycles.